The Morgan fingerprint density at radius 2 is 1.93 bits per heavy atom. The number of carbonyl (C=O) groups excluding carboxylic acids is 1. The minimum absolute atomic E-state index is 0.0537. The molecule has 28 heavy (non-hydrogen) atoms. The third-order valence-corrected chi connectivity index (χ3v) is 4.67. The van der Waals surface area contributed by atoms with E-state index in [1.54, 1.807) is 12.1 Å². The van der Waals surface area contributed by atoms with Crippen molar-refractivity contribution in [3.8, 4) is 5.75 Å². The third kappa shape index (κ3) is 5.22. The molecule has 0 unspecified atom stereocenters. The molecule has 3 rings (SSSR count). The van der Waals surface area contributed by atoms with Gasteiger partial charge in [0.05, 0.1) is 0 Å². The van der Waals surface area contributed by atoms with E-state index in [-0.39, 0.29) is 24.2 Å². The fourth-order valence-electron chi connectivity index (χ4n) is 3.16. The topological polar surface area (TPSA) is 68.5 Å². The zero-order chi connectivity index (χ0) is 19.9. The first-order valence-corrected chi connectivity index (χ1v) is 9.58. The summed E-state index contributed by atoms with van der Waals surface area (Å²) in [6.45, 7) is 3.89. The van der Waals surface area contributed by atoms with Gasteiger partial charge in [-0.15, -0.1) is 0 Å². The van der Waals surface area contributed by atoms with E-state index in [1.807, 2.05) is 38.1 Å². The normalized spacial score (nSPS) is 11.9. The lowest BCUT2D eigenvalue weighted by atomic mass is 10.1. The van der Waals surface area contributed by atoms with Crippen molar-refractivity contribution < 1.29 is 13.9 Å². The molecule has 2 aromatic carbocycles. The van der Waals surface area contributed by atoms with Gasteiger partial charge in [-0.25, -0.2) is 4.79 Å². The number of hydrogen-bond donors (Lipinski definition) is 1. The molecule has 0 fully saturated rings. The molecule has 0 aliphatic rings. The van der Waals surface area contributed by atoms with Gasteiger partial charge in [0.15, 0.2) is 6.61 Å². The van der Waals surface area contributed by atoms with E-state index in [9.17, 15) is 9.59 Å². The third-order valence-electron chi connectivity index (χ3n) is 4.67. The standard InChI is InChI=1S/C23H25NO4/c1-3-18-13-23(26)28-21-14-19(11-12-20(18)21)27-15-22(25)24-16(2)9-10-17-7-5-4-6-8-17/h4-8,11-14,16H,3,9-10,15H2,1-2H3,(H,24,25)/t16-/m0/s1. The van der Waals surface area contributed by atoms with Gasteiger partial charge in [0.25, 0.3) is 5.91 Å². The van der Waals surface area contributed by atoms with Crippen LogP contribution in [0.3, 0.4) is 0 Å². The van der Waals surface area contributed by atoms with Crippen molar-refractivity contribution in [1.82, 2.24) is 5.32 Å². The van der Waals surface area contributed by atoms with Crippen molar-refractivity contribution in [2.45, 2.75) is 39.2 Å². The molecule has 1 heterocycles. The van der Waals surface area contributed by atoms with E-state index < -0.39 is 0 Å². The second kappa shape index (κ2) is 9.22. The highest BCUT2D eigenvalue weighted by Crippen LogP contribution is 2.23. The van der Waals surface area contributed by atoms with Crippen LogP contribution in [0, 0.1) is 0 Å². The molecule has 0 saturated heterocycles. The van der Waals surface area contributed by atoms with E-state index in [0.717, 1.165) is 30.2 Å². The summed E-state index contributed by atoms with van der Waals surface area (Å²) < 4.78 is 10.8. The number of rotatable bonds is 8. The highest BCUT2D eigenvalue weighted by atomic mass is 16.5. The van der Waals surface area contributed by atoms with E-state index in [0.29, 0.717) is 11.3 Å². The Labute approximate surface area is 164 Å². The zero-order valence-corrected chi connectivity index (χ0v) is 16.2. The molecule has 0 spiro atoms. The minimum Gasteiger partial charge on any atom is -0.484 e. The molecule has 1 amide bonds. The lowest BCUT2D eigenvalue weighted by molar-refractivity contribution is -0.123. The van der Waals surface area contributed by atoms with Crippen molar-refractivity contribution in [2.75, 3.05) is 6.61 Å². The van der Waals surface area contributed by atoms with Crippen LogP contribution in [0.5, 0.6) is 5.75 Å². The molecular weight excluding hydrogens is 354 g/mol. The number of aryl methyl sites for hydroxylation is 2. The van der Waals surface area contributed by atoms with Gasteiger partial charge in [-0.1, -0.05) is 37.3 Å². The van der Waals surface area contributed by atoms with E-state index >= 15 is 0 Å². The average molecular weight is 379 g/mol. The second-order valence-corrected chi connectivity index (χ2v) is 6.88. The molecule has 1 aromatic heterocycles. The molecule has 1 atom stereocenters. The highest BCUT2D eigenvalue weighted by Gasteiger charge is 2.10. The van der Waals surface area contributed by atoms with E-state index in [1.165, 1.54) is 11.6 Å². The SMILES string of the molecule is CCc1cc(=O)oc2cc(OCC(=O)N[C@@H](C)CCc3ccccc3)ccc12. The quantitative estimate of drug-likeness (QED) is 0.603. The molecule has 5 nitrogen and oxygen atoms in total. The van der Waals surface area contributed by atoms with E-state index in [4.69, 9.17) is 9.15 Å². The smallest absolute Gasteiger partial charge is 0.336 e. The van der Waals surface area contributed by atoms with Crippen LogP contribution in [0.25, 0.3) is 11.0 Å². The number of hydrogen-bond acceptors (Lipinski definition) is 4. The van der Waals surface area contributed by atoms with Gasteiger partial charge in [-0.3, -0.25) is 4.79 Å². The fourth-order valence-corrected chi connectivity index (χ4v) is 3.16. The van der Waals surface area contributed by atoms with Gasteiger partial charge in [-0.2, -0.15) is 0 Å². The summed E-state index contributed by atoms with van der Waals surface area (Å²) in [5.74, 6) is 0.320. The number of ether oxygens (including phenoxy) is 1. The number of nitrogens with one attached hydrogen (secondary N) is 1. The molecule has 0 bridgehead atoms. The molecule has 0 aliphatic carbocycles. The van der Waals surface area contributed by atoms with Crippen LogP contribution in [-0.4, -0.2) is 18.6 Å². The number of amides is 1. The molecule has 0 aliphatic heterocycles. The van der Waals surface area contributed by atoms with Crippen LogP contribution in [0.1, 0.15) is 31.4 Å². The Kier molecular flexibility index (Phi) is 6.48. The first-order chi connectivity index (χ1) is 13.5. The summed E-state index contributed by atoms with van der Waals surface area (Å²) in [5.41, 5.74) is 2.27. The van der Waals surface area contributed by atoms with Gasteiger partial charge in [0.1, 0.15) is 11.3 Å². The predicted octanol–water partition coefficient (Wildman–Crippen LogP) is 3.87. The highest BCUT2D eigenvalue weighted by molar-refractivity contribution is 5.82. The number of benzene rings is 2. The molecule has 0 saturated carbocycles. The summed E-state index contributed by atoms with van der Waals surface area (Å²) in [7, 11) is 0. The van der Waals surface area contributed by atoms with Gasteiger partial charge < -0.3 is 14.5 Å². The summed E-state index contributed by atoms with van der Waals surface area (Å²) in [5, 5.41) is 3.83. The summed E-state index contributed by atoms with van der Waals surface area (Å²) in [6.07, 6.45) is 2.51. The molecule has 146 valence electrons. The summed E-state index contributed by atoms with van der Waals surface area (Å²) in [4.78, 5) is 23.8. The Balaban J connectivity index is 1.53. The maximum Gasteiger partial charge on any atom is 0.336 e. The molecular formula is C23H25NO4. The Bertz CT molecular complexity index is 994. The average Bonchev–Trinajstić information content (AvgIpc) is 2.70. The molecule has 0 radical (unpaired) electrons. The van der Waals surface area contributed by atoms with Crippen LogP contribution < -0.4 is 15.7 Å². The lowest BCUT2D eigenvalue weighted by Gasteiger charge is -2.14. The zero-order valence-electron chi connectivity index (χ0n) is 16.2. The van der Waals surface area contributed by atoms with Gasteiger partial charge in [0.2, 0.25) is 0 Å². The van der Waals surface area contributed by atoms with Crippen LogP contribution in [-0.2, 0) is 17.6 Å². The van der Waals surface area contributed by atoms with Crippen molar-refractivity contribution in [3.05, 3.63) is 76.1 Å². The van der Waals surface area contributed by atoms with Crippen molar-refractivity contribution in [2.24, 2.45) is 0 Å². The Morgan fingerprint density at radius 3 is 2.68 bits per heavy atom. The van der Waals surface area contributed by atoms with Gasteiger partial charge in [0, 0.05) is 23.6 Å². The van der Waals surface area contributed by atoms with Crippen molar-refractivity contribution >= 4 is 16.9 Å². The monoisotopic (exact) mass is 379 g/mol. The first-order valence-electron chi connectivity index (χ1n) is 9.58. The second-order valence-electron chi connectivity index (χ2n) is 6.88. The maximum atomic E-state index is 12.1. The maximum absolute atomic E-state index is 12.1. The first kappa shape index (κ1) is 19.7. The number of fused-ring (bicyclic) bond motifs is 1. The number of carbonyl (C=O) groups is 1. The fraction of sp³-hybridized carbons (Fsp3) is 0.304. The predicted molar refractivity (Wildman–Crippen MR) is 110 cm³/mol. The van der Waals surface area contributed by atoms with Crippen LogP contribution >= 0.6 is 0 Å². The van der Waals surface area contributed by atoms with Gasteiger partial charge in [-0.05, 0) is 49.4 Å². The minimum atomic E-state index is -0.383. The molecule has 3 aromatic rings. The van der Waals surface area contributed by atoms with Crippen LogP contribution in [0.4, 0.5) is 0 Å². The summed E-state index contributed by atoms with van der Waals surface area (Å²) in [6, 6.07) is 17.0. The summed E-state index contributed by atoms with van der Waals surface area (Å²) >= 11 is 0. The van der Waals surface area contributed by atoms with Crippen molar-refractivity contribution in [3.63, 3.8) is 0 Å². The largest absolute Gasteiger partial charge is 0.484 e. The van der Waals surface area contributed by atoms with Gasteiger partial charge >= 0.3 is 5.63 Å². The molecule has 1 N–H and O–H groups in total. The lowest BCUT2D eigenvalue weighted by Crippen LogP contribution is -2.36. The Hall–Kier alpha value is -3.08. The van der Waals surface area contributed by atoms with Crippen LogP contribution in [0.2, 0.25) is 0 Å². The van der Waals surface area contributed by atoms with Crippen molar-refractivity contribution in [1.29, 1.82) is 0 Å². The van der Waals surface area contributed by atoms with Crippen LogP contribution in [0.15, 0.2) is 63.8 Å². The molecule has 5 heteroatoms. The van der Waals surface area contributed by atoms with E-state index in [2.05, 4.69) is 17.4 Å². The Morgan fingerprint density at radius 1 is 1.14 bits per heavy atom.